The quantitative estimate of drug-likeness (QED) is 0.147. The van der Waals surface area contributed by atoms with E-state index in [1.165, 1.54) is 18.1 Å². The molecule has 0 spiro atoms. The second-order valence-corrected chi connectivity index (χ2v) is 10.9. The van der Waals surface area contributed by atoms with Crippen molar-refractivity contribution in [2.75, 3.05) is 25.2 Å². The number of benzene rings is 2. The molecule has 0 saturated carbocycles. The number of fused-ring (bicyclic) bond motifs is 2. The topological polar surface area (TPSA) is 108 Å². The van der Waals surface area contributed by atoms with Gasteiger partial charge in [-0.3, -0.25) is 14.5 Å². The van der Waals surface area contributed by atoms with Gasteiger partial charge in [0.05, 0.1) is 43.0 Å². The Kier molecular flexibility index (Phi) is 8.32. The molecule has 1 aliphatic heterocycles. The Hall–Kier alpha value is -3.89. The standard InChI is InChI=1S/C30H29ClN2O7S/c1-5-7-8-13-39-21-11-9-17(14-22(21)38-6-2)24-23-25(34)19-15-18(31)10-12-20(19)40-26(23)28(35)33(24)30-32-16(3)27(41-30)29(36)37-4/h9-12,14-15,24H,5-8,13H2,1-4H3. The maximum Gasteiger partial charge on any atom is 0.350 e. The van der Waals surface area contributed by atoms with Crippen molar-refractivity contribution in [3.05, 3.63) is 79.1 Å². The van der Waals surface area contributed by atoms with E-state index in [1.54, 1.807) is 37.3 Å². The molecule has 9 nitrogen and oxygen atoms in total. The first-order valence-corrected chi connectivity index (χ1v) is 14.5. The Balaban J connectivity index is 1.69. The smallest absolute Gasteiger partial charge is 0.350 e. The molecule has 11 heteroatoms. The number of aryl methyl sites for hydroxylation is 1. The number of rotatable bonds is 10. The van der Waals surface area contributed by atoms with Crippen molar-refractivity contribution in [1.82, 2.24) is 4.98 Å². The van der Waals surface area contributed by atoms with E-state index in [0.717, 1.165) is 30.6 Å². The summed E-state index contributed by atoms with van der Waals surface area (Å²) in [6.45, 7) is 6.57. The van der Waals surface area contributed by atoms with Crippen LogP contribution in [0.5, 0.6) is 11.5 Å². The van der Waals surface area contributed by atoms with Crippen molar-refractivity contribution in [2.45, 2.75) is 46.1 Å². The average Bonchev–Trinajstić information content (AvgIpc) is 3.49. The number of aromatic nitrogens is 1. The molecular formula is C30H29ClN2O7S. The fourth-order valence-corrected chi connectivity index (χ4v) is 6.03. The molecule has 2 aromatic heterocycles. The van der Waals surface area contributed by atoms with Crippen molar-refractivity contribution in [3.63, 3.8) is 0 Å². The molecule has 1 unspecified atom stereocenters. The van der Waals surface area contributed by atoms with Crippen LogP contribution in [0.4, 0.5) is 5.13 Å². The van der Waals surface area contributed by atoms with E-state index < -0.39 is 17.9 Å². The molecular weight excluding hydrogens is 568 g/mol. The van der Waals surface area contributed by atoms with Crippen LogP contribution in [0.3, 0.4) is 0 Å². The zero-order chi connectivity index (χ0) is 29.3. The highest BCUT2D eigenvalue weighted by atomic mass is 35.5. The van der Waals surface area contributed by atoms with Gasteiger partial charge in [0.25, 0.3) is 5.91 Å². The van der Waals surface area contributed by atoms with Gasteiger partial charge in [0, 0.05) is 5.02 Å². The number of amides is 1. The summed E-state index contributed by atoms with van der Waals surface area (Å²) in [5, 5.41) is 0.843. The van der Waals surface area contributed by atoms with Crippen LogP contribution >= 0.6 is 22.9 Å². The molecule has 4 aromatic rings. The van der Waals surface area contributed by atoms with Gasteiger partial charge in [-0.15, -0.1) is 0 Å². The maximum atomic E-state index is 13.9. The lowest BCUT2D eigenvalue weighted by Crippen LogP contribution is -2.29. The second-order valence-electron chi connectivity index (χ2n) is 9.49. The number of methoxy groups -OCH3 is 1. The van der Waals surface area contributed by atoms with Gasteiger partial charge in [0.2, 0.25) is 5.76 Å². The van der Waals surface area contributed by atoms with E-state index in [-0.39, 0.29) is 37.7 Å². The van der Waals surface area contributed by atoms with Crippen LogP contribution in [0, 0.1) is 6.92 Å². The largest absolute Gasteiger partial charge is 0.490 e. The molecule has 0 saturated heterocycles. The lowest BCUT2D eigenvalue weighted by atomic mass is 9.98. The molecule has 2 aromatic carbocycles. The van der Waals surface area contributed by atoms with Gasteiger partial charge in [-0.1, -0.05) is 48.8 Å². The Bertz CT molecular complexity index is 1700. The first-order chi connectivity index (χ1) is 19.8. The Morgan fingerprint density at radius 2 is 1.90 bits per heavy atom. The summed E-state index contributed by atoms with van der Waals surface area (Å²) in [5.41, 5.74) is 0.993. The van der Waals surface area contributed by atoms with Crippen molar-refractivity contribution < 1.29 is 28.2 Å². The summed E-state index contributed by atoms with van der Waals surface area (Å²) >= 11 is 7.21. The molecule has 0 bridgehead atoms. The molecule has 0 N–H and O–H groups in total. The summed E-state index contributed by atoms with van der Waals surface area (Å²) in [7, 11) is 1.28. The molecule has 214 valence electrons. The minimum Gasteiger partial charge on any atom is -0.490 e. The number of ether oxygens (including phenoxy) is 3. The first kappa shape index (κ1) is 28.6. The molecule has 3 heterocycles. The minimum atomic E-state index is -0.915. The molecule has 0 radical (unpaired) electrons. The van der Waals surface area contributed by atoms with Gasteiger partial charge in [0.15, 0.2) is 22.1 Å². The van der Waals surface area contributed by atoms with Crippen LogP contribution in [0.1, 0.15) is 76.2 Å². The van der Waals surface area contributed by atoms with E-state index in [0.29, 0.717) is 41.0 Å². The second kappa shape index (κ2) is 11.9. The van der Waals surface area contributed by atoms with Crippen molar-refractivity contribution in [2.24, 2.45) is 0 Å². The van der Waals surface area contributed by atoms with Gasteiger partial charge in [0.1, 0.15) is 10.5 Å². The maximum absolute atomic E-state index is 13.9. The third kappa shape index (κ3) is 5.29. The van der Waals surface area contributed by atoms with Crippen LogP contribution in [-0.4, -0.2) is 37.2 Å². The molecule has 1 atom stereocenters. The number of carbonyl (C=O) groups excluding carboxylic acids is 2. The molecule has 0 aliphatic carbocycles. The van der Waals surface area contributed by atoms with Crippen LogP contribution in [0.15, 0.2) is 45.6 Å². The predicted octanol–water partition coefficient (Wildman–Crippen LogP) is 6.72. The Labute approximate surface area is 245 Å². The predicted molar refractivity (Wildman–Crippen MR) is 157 cm³/mol. The fourth-order valence-electron chi connectivity index (χ4n) is 4.84. The average molecular weight is 597 g/mol. The highest BCUT2D eigenvalue weighted by molar-refractivity contribution is 7.17. The van der Waals surface area contributed by atoms with Crippen molar-refractivity contribution in [3.8, 4) is 11.5 Å². The highest BCUT2D eigenvalue weighted by Gasteiger charge is 2.45. The summed E-state index contributed by atoms with van der Waals surface area (Å²) in [6, 6.07) is 9.10. The summed E-state index contributed by atoms with van der Waals surface area (Å²) < 4.78 is 22.8. The number of hydrogen-bond acceptors (Lipinski definition) is 9. The third-order valence-corrected chi connectivity index (χ3v) is 8.16. The third-order valence-electron chi connectivity index (χ3n) is 6.78. The summed E-state index contributed by atoms with van der Waals surface area (Å²) in [5.74, 6) is -0.161. The Morgan fingerprint density at radius 1 is 1.10 bits per heavy atom. The van der Waals surface area contributed by atoms with Crippen LogP contribution in [-0.2, 0) is 4.74 Å². The molecule has 1 amide bonds. The van der Waals surface area contributed by atoms with Gasteiger partial charge in [-0.05, 0) is 56.2 Å². The first-order valence-electron chi connectivity index (χ1n) is 13.3. The number of unbranched alkanes of at least 4 members (excludes halogenated alkanes) is 2. The Morgan fingerprint density at radius 3 is 2.63 bits per heavy atom. The molecule has 5 rings (SSSR count). The normalized spacial score (nSPS) is 14.4. The molecule has 1 aliphatic rings. The highest BCUT2D eigenvalue weighted by Crippen LogP contribution is 2.45. The van der Waals surface area contributed by atoms with Gasteiger partial charge >= 0.3 is 5.97 Å². The van der Waals surface area contributed by atoms with Crippen LogP contribution < -0.4 is 19.8 Å². The minimum absolute atomic E-state index is 0.0971. The number of hydrogen-bond donors (Lipinski definition) is 0. The van der Waals surface area contributed by atoms with E-state index in [2.05, 4.69) is 11.9 Å². The van der Waals surface area contributed by atoms with Gasteiger partial charge in [-0.25, -0.2) is 9.78 Å². The van der Waals surface area contributed by atoms with E-state index in [1.807, 2.05) is 6.92 Å². The van der Waals surface area contributed by atoms with E-state index >= 15 is 0 Å². The number of esters is 1. The van der Waals surface area contributed by atoms with Gasteiger partial charge in [-0.2, -0.15) is 0 Å². The number of thiazole rings is 1. The van der Waals surface area contributed by atoms with Crippen LogP contribution in [0.25, 0.3) is 11.0 Å². The van der Waals surface area contributed by atoms with E-state index in [4.69, 9.17) is 30.2 Å². The van der Waals surface area contributed by atoms with Crippen molar-refractivity contribution >= 4 is 50.9 Å². The summed E-state index contributed by atoms with van der Waals surface area (Å²) in [6.07, 6.45) is 3.03. The zero-order valence-electron chi connectivity index (χ0n) is 23.1. The molecule has 0 fully saturated rings. The monoisotopic (exact) mass is 596 g/mol. The van der Waals surface area contributed by atoms with E-state index in [9.17, 15) is 14.4 Å². The number of halogens is 1. The fraction of sp³-hybridized carbons (Fsp3) is 0.333. The SMILES string of the molecule is CCCCCOc1ccc(C2c3c(oc4ccc(Cl)cc4c3=O)C(=O)N2c2nc(C)c(C(=O)OC)s2)cc1OCC. The van der Waals surface area contributed by atoms with Gasteiger partial charge < -0.3 is 18.6 Å². The number of carbonyl (C=O) groups is 2. The number of anilines is 1. The summed E-state index contributed by atoms with van der Waals surface area (Å²) in [4.78, 5) is 46.4. The molecule has 41 heavy (non-hydrogen) atoms. The lowest BCUT2D eigenvalue weighted by molar-refractivity contribution is 0.0605. The van der Waals surface area contributed by atoms with Crippen molar-refractivity contribution in [1.29, 1.82) is 0 Å². The lowest BCUT2D eigenvalue weighted by Gasteiger charge is -2.23. The number of nitrogens with zero attached hydrogens (tertiary/aromatic N) is 2. The van der Waals surface area contributed by atoms with Crippen LogP contribution in [0.2, 0.25) is 5.02 Å². The zero-order valence-corrected chi connectivity index (χ0v) is 24.7.